The SMILES string of the molecule is COc1cc2c(cc1F)nc(N)n2-c1cccc(C)c1. The second-order valence-electron chi connectivity index (χ2n) is 4.62. The lowest BCUT2D eigenvalue weighted by atomic mass is 10.2. The van der Waals surface area contributed by atoms with Gasteiger partial charge in [-0.1, -0.05) is 12.1 Å². The number of methoxy groups -OCH3 is 1. The number of imidazole rings is 1. The Morgan fingerprint density at radius 2 is 2.05 bits per heavy atom. The van der Waals surface area contributed by atoms with Crippen LogP contribution in [0.15, 0.2) is 36.4 Å². The van der Waals surface area contributed by atoms with Gasteiger partial charge in [0.2, 0.25) is 5.95 Å². The number of anilines is 1. The molecule has 0 aliphatic carbocycles. The number of ether oxygens (including phenoxy) is 1. The Balaban J connectivity index is 2.32. The van der Waals surface area contributed by atoms with Crippen LogP contribution in [0.3, 0.4) is 0 Å². The fourth-order valence-electron chi connectivity index (χ4n) is 2.29. The number of fused-ring (bicyclic) bond motifs is 1. The molecule has 20 heavy (non-hydrogen) atoms. The van der Waals surface area contributed by atoms with E-state index in [1.54, 1.807) is 10.6 Å². The second-order valence-corrected chi connectivity index (χ2v) is 4.62. The number of hydrogen-bond acceptors (Lipinski definition) is 3. The highest BCUT2D eigenvalue weighted by Gasteiger charge is 2.14. The number of nitrogen functional groups attached to an aromatic ring is 1. The number of benzene rings is 2. The average Bonchev–Trinajstić information content (AvgIpc) is 2.72. The van der Waals surface area contributed by atoms with Crippen molar-refractivity contribution in [3.05, 3.63) is 47.8 Å². The van der Waals surface area contributed by atoms with Gasteiger partial charge >= 0.3 is 0 Å². The monoisotopic (exact) mass is 271 g/mol. The molecule has 0 bridgehead atoms. The Labute approximate surface area is 115 Å². The highest BCUT2D eigenvalue weighted by atomic mass is 19.1. The number of nitrogens with two attached hydrogens (primary N) is 1. The van der Waals surface area contributed by atoms with Crippen LogP contribution in [-0.2, 0) is 0 Å². The number of aromatic nitrogens is 2. The van der Waals surface area contributed by atoms with Crippen LogP contribution < -0.4 is 10.5 Å². The van der Waals surface area contributed by atoms with Gasteiger partial charge < -0.3 is 10.5 Å². The summed E-state index contributed by atoms with van der Waals surface area (Å²) in [5.74, 6) is 0.0402. The molecule has 2 aromatic carbocycles. The van der Waals surface area contributed by atoms with E-state index < -0.39 is 5.82 Å². The summed E-state index contributed by atoms with van der Waals surface area (Å²) in [6.45, 7) is 2.00. The zero-order valence-corrected chi connectivity index (χ0v) is 11.2. The normalized spacial score (nSPS) is 10.9. The van der Waals surface area contributed by atoms with Crippen molar-refractivity contribution >= 4 is 17.0 Å². The summed E-state index contributed by atoms with van der Waals surface area (Å²) in [7, 11) is 1.43. The molecule has 0 saturated carbocycles. The van der Waals surface area contributed by atoms with Gasteiger partial charge in [0.25, 0.3) is 0 Å². The third kappa shape index (κ3) is 1.87. The first kappa shape index (κ1) is 12.5. The van der Waals surface area contributed by atoms with Crippen LogP contribution >= 0.6 is 0 Å². The fourth-order valence-corrected chi connectivity index (χ4v) is 2.29. The summed E-state index contributed by atoms with van der Waals surface area (Å²) in [6.07, 6.45) is 0. The first-order valence-corrected chi connectivity index (χ1v) is 6.18. The van der Waals surface area contributed by atoms with Gasteiger partial charge in [-0.05, 0) is 24.6 Å². The molecule has 5 heteroatoms. The first-order valence-electron chi connectivity index (χ1n) is 6.18. The van der Waals surface area contributed by atoms with Crippen molar-refractivity contribution in [2.45, 2.75) is 6.92 Å². The first-order chi connectivity index (χ1) is 9.60. The van der Waals surface area contributed by atoms with Gasteiger partial charge in [-0.2, -0.15) is 0 Å². The number of rotatable bonds is 2. The van der Waals surface area contributed by atoms with E-state index in [0.29, 0.717) is 17.0 Å². The van der Waals surface area contributed by atoms with Crippen molar-refractivity contribution < 1.29 is 9.13 Å². The molecule has 4 nitrogen and oxygen atoms in total. The van der Waals surface area contributed by atoms with Gasteiger partial charge in [0, 0.05) is 17.8 Å². The molecule has 0 amide bonds. The van der Waals surface area contributed by atoms with Crippen LogP contribution in [0, 0.1) is 12.7 Å². The van der Waals surface area contributed by atoms with E-state index in [0.717, 1.165) is 11.3 Å². The summed E-state index contributed by atoms with van der Waals surface area (Å²) < 4.78 is 20.5. The fraction of sp³-hybridized carbons (Fsp3) is 0.133. The third-order valence-electron chi connectivity index (χ3n) is 3.21. The predicted octanol–water partition coefficient (Wildman–Crippen LogP) is 3.06. The molecule has 3 aromatic rings. The van der Waals surface area contributed by atoms with Gasteiger partial charge in [0.05, 0.1) is 18.1 Å². The van der Waals surface area contributed by atoms with Gasteiger partial charge in [0.1, 0.15) is 0 Å². The number of aryl methyl sites for hydroxylation is 1. The smallest absolute Gasteiger partial charge is 0.205 e. The zero-order chi connectivity index (χ0) is 14.3. The molecular weight excluding hydrogens is 257 g/mol. The van der Waals surface area contributed by atoms with E-state index in [4.69, 9.17) is 10.5 Å². The van der Waals surface area contributed by atoms with Gasteiger partial charge in [-0.25, -0.2) is 9.37 Å². The maximum atomic E-state index is 13.7. The van der Waals surface area contributed by atoms with Gasteiger partial charge in [0.15, 0.2) is 11.6 Å². The maximum Gasteiger partial charge on any atom is 0.205 e. The van der Waals surface area contributed by atoms with Crippen LogP contribution in [0.1, 0.15) is 5.56 Å². The number of hydrogen-bond donors (Lipinski definition) is 1. The molecule has 0 unspecified atom stereocenters. The van der Waals surface area contributed by atoms with E-state index in [2.05, 4.69) is 4.98 Å². The molecule has 1 aromatic heterocycles. The molecule has 0 radical (unpaired) electrons. The zero-order valence-electron chi connectivity index (χ0n) is 11.2. The summed E-state index contributed by atoms with van der Waals surface area (Å²) >= 11 is 0. The van der Waals surface area contributed by atoms with Crippen molar-refractivity contribution in [2.75, 3.05) is 12.8 Å². The van der Waals surface area contributed by atoms with E-state index in [1.807, 2.05) is 31.2 Å². The Morgan fingerprint density at radius 3 is 2.75 bits per heavy atom. The molecule has 3 rings (SSSR count). The topological polar surface area (TPSA) is 53.1 Å². The summed E-state index contributed by atoms with van der Waals surface area (Å²) in [4.78, 5) is 4.20. The van der Waals surface area contributed by atoms with E-state index in [1.165, 1.54) is 13.2 Å². The van der Waals surface area contributed by atoms with Crippen molar-refractivity contribution in [3.63, 3.8) is 0 Å². The van der Waals surface area contributed by atoms with Gasteiger partial charge in [-0.3, -0.25) is 4.57 Å². The molecule has 0 fully saturated rings. The van der Waals surface area contributed by atoms with Crippen LogP contribution in [0.25, 0.3) is 16.7 Å². The molecular formula is C15H14FN3O. The minimum absolute atomic E-state index is 0.173. The minimum Gasteiger partial charge on any atom is -0.494 e. The van der Waals surface area contributed by atoms with Crippen molar-refractivity contribution in [2.24, 2.45) is 0 Å². The van der Waals surface area contributed by atoms with Crippen molar-refractivity contribution in [1.29, 1.82) is 0 Å². The lowest BCUT2D eigenvalue weighted by Gasteiger charge is -2.08. The Bertz CT molecular complexity index is 795. The standard InChI is InChI=1S/C15H14FN3O/c1-9-4-3-5-10(6-9)19-13-8-14(20-2)11(16)7-12(13)18-15(19)17/h3-8H,1-2H3,(H2,17,18). The Hall–Kier alpha value is -2.56. The average molecular weight is 271 g/mol. The highest BCUT2D eigenvalue weighted by molar-refractivity contribution is 5.82. The van der Waals surface area contributed by atoms with Gasteiger partial charge in [-0.15, -0.1) is 0 Å². The Kier molecular flexibility index (Phi) is 2.82. The quantitative estimate of drug-likeness (QED) is 0.779. The highest BCUT2D eigenvalue weighted by Crippen LogP contribution is 2.29. The molecule has 0 spiro atoms. The molecule has 0 aliphatic heterocycles. The molecule has 1 heterocycles. The predicted molar refractivity (Wildman–Crippen MR) is 76.7 cm³/mol. The van der Waals surface area contributed by atoms with Crippen molar-refractivity contribution in [3.8, 4) is 11.4 Å². The third-order valence-corrected chi connectivity index (χ3v) is 3.21. The number of nitrogens with zero attached hydrogens (tertiary/aromatic N) is 2. The maximum absolute atomic E-state index is 13.7. The van der Waals surface area contributed by atoms with Crippen LogP contribution in [0.5, 0.6) is 5.75 Å². The van der Waals surface area contributed by atoms with E-state index in [-0.39, 0.29) is 5.75 Å². The lowest BCUT2D eigenvalue weighted by molar-refractivity contribution is 0.387. The lowest BCUT2D eigenvalue weighted by Crippen LogP contribution is -2.01. The van der Waals surface area contributed by atoms with E-state index in [9.17, 15) is 4.39 Å². The largest absolute Gasteiger partial charge is 0.494 e. The molecule has 2 N–H and O–H groups in total. The molecule has 0 aliphatic rings. The second kappa shape index (κ2) is 4.52. The van der Waals surface area contributed by atoms with Crippen molar-refractivity contribution in [1.82, 2.24) is 9.55 Å². The van der Waals surface area contributed by atoms with Crippen LogP contribution in [0.2, 0.25) is 0 Å². The summed E-state index contributed by atoms with van der Waals surface area (Å²) in [6, 6.07) is 10.8. The molecule has 0 atom stereocenters. The summed E-state index contributed by atoms with van der Waals surface area (Å²) in [5, 5.41) is 0. The number of halogens is 1. The molecule has 0 saturated heterocycles. The summed E-state index contributed by atoms with van der Waals surface area (Å²) in [5.41, 5.74) is 9.18. The molecule has 102 valence electrons. The van der Waals surface area contributed by atoms with E-state index >= 15 is 0 Å². The van der Waals surface area contributed by atoms with Crippen LogP contribution in [0.4, 0.5) is 10.3 Å². The van der Waals surface area contributed by atoms with Crippen LogP contribution in [-0.4, -0.2) is 16.7 Å². The minimum atomic E-state index is -0.450. The Morgan fingerprint density at radius 1 is 1.25 bits per heavy atom.